The van der Waals surface area contributed by atoms with Gasteiger partial charge in [-0.3, -0.25) is 4.79 Å². The van der Waals surface area contributed by atoms with Crippen molar-refractivity contribution in [1.29, 1.82) is 0 Å². The van der Waals surface area contributed by atoms with Crippen LogP contribution in [-0.2, 0) is 0 Å². The molecule has 1 aromatic carbocycles. The third-order valence-electron chi connectivity index (χ3n) is 3.48. The van der Waals surface area contributed by atoms with Crippen LogP contribution in [0.25, 0.3) is 5.82 Å². The monoisotopic (exact) mass is 308 g/mol. The van der Waals surface area contributed by atoms with E-state index in [-0.39, 0.29) is 5.91 Å². The van der Waals surface area contributed by atoms with Crippen molar-refractivity contribution in [3.63, 3.8) is 0 Å². The molecule has 2 heterocycles. The molecule has 0 aliphatic heterocycles. The normalized spacial score (nSPS) is 10.3. The lowest BCUT2D eigenvalue weighted by Gasteiger charge is -2.09. The summed E-state index contributed by atoms with van der Waals surface area (Å²) in [7, 11) is 1.56. The van der Waals surface area contributed by atoms with Gasteiger partial charge in [0.2, 0.25) is 0 Å². The summed E-state index contributed by atoms with van der Waals surface area (Å²) in [5.74, 6) is 1.03. The molecule has 0 bridgehead atoms. The van der Waals surface area contributed by atoms with Gasteiger partial charge in [0.05, 0.1) is 30.3 Å². The standard InChI is InChI=1S/C17H16N4O2/c1-12-13(11-19-21(12)16-9-5-6-10-18-16)17(22)20-14-7-3-4-8-15(14)23-2/h3-11H,1-2H3,(H,20,22). The molecule has 0 aliphatic rings. The summed E-state index contributed by atoms with van der Waals surface area (Å²) in [5, 5.41) is 7.10. The number of rotatable bonds is 4. The van der Waals surface area contributed by atoms with Gasteiger partial charge in [0.1, 0.15) is 5.75 Å². The maximum atomic E-state index is 12.5. The van der Waals surface area contributed by atoms with E-state index in [1.807, 2.05) is 37.3 Å². The fourth-order valence-corrected chi connectivity index (χ4v) is 2.28. The largest absolute Gasteiger partial charge is 0.495 e. The second-order valence-electron chi connectivity index (χ2n) is 4.90. The Kier molecular flexibility index (Phi) is 4.05. The van der Waals surface area contributed by atoms with Crippen LogP contribution in [0.3, 0.4) is 0 Å². The molecule has 0 aliphatic carbocycles. The third kappa shape index (κ3) is 2.91. The molecule has 0 spiro atoms. The average molecular weight is 308 g/mol. The molecule has 0 fully saturated rings. The number of ether oxygens (including phenoxy) is 1. The van der Waals surface area contributed by atoms with E-state index in [1.54, 1.807) is 30.1 Å². The zero-order chi connectivity index (χ0) is 16.2. The van der Waals surface area contributed by atoms with Gasteiger partial charge in [-0.05, 0) is 31.2 Å². The molecule has 0 unspecified atom stereocenters. The van der Waals surface area contributed by atoms with Crippen LogP contribution in [0.1, 0.15) is 16.1 Å². The highest BCUT2D eigenvalue weighted by Crippen LogP contribution is 2.24. The van der Waals surface area contributed by atoms with E-state index in [4.69, 9.17) is 4.74 Å². The van der Waals surface area contributed by atoms with E-state index < -0.39 is 0 Å². The molecule has 0 saturated heterocycles. The number of methoxy groups -OCH3 is 1. The molecular formula is C17H16N4O2. The van der Waals surface area contributed by atoms with Gasteiger partial charge in [0.25, 0.3) is 5.91 Å². The van der Waals surface area contributed by atoms with Crippen LogP contribution in [0.5, 0.6) is 5.75 Å². The molecule has 3 rings (SSSR count). The Morgan fingerprint density at radius 1 is 1.17 bits per heavy atom. The zero-order valence-corrected chi connectivity index (χ0v) is 12.9. The number of carbonyl (C=O) groups is 1. The van der Waals surface area contributed by atoms with Crippen LogP contribution < -0.4 is 10.1 Å². The highest BCUT2D eigenvalue weighted by molar-refractivity contribution is 6.05. The Morgan fingerprint density at radius 2 is 1.96 bits per heavy atom. The van der Waals surface area contributed by atoms with Crippen LogP contribution in [0.2, 0.25) is 0 Å². The number of nitrogens with zero attached hydrogens (tertiary/aromatic N) is 3. The van der Waals surface area contributed by atoms with Crippen LogP contribution in [0, 0.1) is 6.92 Å². The minimum absolute atomic E-state index is 0.241. The van der Waals surface area contributed by atoms with Crippen LogP contribution in [0.15, 0.2) is 54.9 Å². The fraction of sp³-hybridized carbons (Fsp3) is 0.118. The predicted molar refractivity (Wildman–Crippen MR) is 87.0 cm³/mol. The third-order valence-corrected chi connectivity index (χ3v) is 3.48. The summed E-state index contributed by atoms with van der Waals surface area (Å²) in [5.41, 5.74) is 1.82. The van der Waals surface area contributed by atoms with E-state index in [2.05, 4.69) is 15.4 Å². The van der Waals surface area contributed by atoms with Gasteiger partial charge in [0, 0.05) is 6.20 Å². The SMILES string of the molecule is COc1ccccc1NC(=O)c1cnn(-c2ccccn2)c1C. The van der Waals surface area contributed by atoms with Crippen LogP contribution >= 0.6 is 0 Å². The number of para-hydroxylation sites is 2. The second kappa shape index (κ2) is 6.31. The molecule has 0 atom stereocenters. The first-order chi connectivity index (χ1) is 11.2. The summed E-state index contributed by atoms with van der Waals surface area (Å²) >= 11 is 0. The maximum Gasteiger partial charge on any atom is 0.259 e. The van der Waals surface area contributed by atoms with Gasteiger partial charge in [-0.2, -0.15) is 5.10 Å². The number of aromatic nitrogens is 3. The second-order valence-corrected chi connectivity index (χ2v) is 4.90. The molecule has 116 valence electrons. The van der Waals surface area contributed by atoms with E-state index in [0.29, 0.717) is 22.8 Å². The first-order valence-corrected chi connectivity index (χ1v) is 7.11. The highest BCUT2D eigenvalue weighted by atomic mass is 16.5. The van der Waals surface area contributed by atoms with Gasteiger partial charge in [-0.1, -0.05) is 18.2 Å². The van der Waals surface area contributed by atoms with E-state index in [9.17, 15) is 4.79 Å². The van der Waals surface area contributed by atoms with Crippen molar-refractivity contribution < 1.29 is 9.53 Å². The average Bonchev–Trinajstić information content (AvgIpc) is 2.98. The number of pyridine rings is 1. The Bertz CT molecular complexity index is 828. The predicted octanol–water partition coefficient (Wildman–Crippen LogP) is 2.84. The molecule has 0 saturated carbocycles. The van der Waals surface area contributed by atoms with Gasteiger partial charge in [-0.15, -0.1) is 0 Å². The van der Waals surface area contributed by atoms with Crippen molar-refractivity contribution in [3.05, 3.63) is 66.1 Å². The summed E-state index contributed by atoms with van der Waals surface area (Å²) in [6, 6.07) is 12.8. The number of nitrogens with one attached hydrogen (secondary N) is 1. The number of benzene rings is 1. The summed E-state index contributed by atoms with van der Waals surface area (Å²) in [6.45, 7) is 1.83. The fourth-order valence-electron chi connectivity index (χ4n) is 2.28. The van der Waals surface area contributed by atoms with Crippen molar-refractivity contribution in [2.45, 2.75) is 6.92 Å². The first kappa shape index (κ1) is 14.8. The van der Waals surface area contributed by atoms with Gasteiger partial charge in [0.15, 0.2) is 5.82 Å². The quantitative estimate of drug-likeness (QED) is 0.804. The summed E-state index contributed by atoms with van der Waals surface area (Å²) in [4.78, 5) is 16.7. The topological polar surface area (TPSA) is 69.0 Å². The molecule has 2 aromatic heterocycles. The lowest BCUT2D eigenvalue weighted by atomic mass is 10.2. The molecular weight excluding hydrogens is 292 g/mol. The van der Waals surface area contributed by atoms with Gasteiger partial charge in [-0.25, -0.2) is 9.67 Å². The highest BCUT2D eigenvalue weighted by Gasteiger charge is 2.16. The van der Waals surface area contributed by atoms with Gasteiger partial charge < -0.3 is 10.1 Å². The minimum Gasteiger partial charge on any atom is -0.495 e. The lowest BCUT2D eigenvalue weighted by Crippen LogP contribution is -2.14. The molecule has 1 N–H and O–H groups in total. The first-order valence-electron chi connectivity index (χ1n) is 7.11. The molecule has 0 radical (unpaired) electrons. The number of hydrogen-bond acceptors (Lipinski definition) is 4. The van der Waals surface area contributed by atoms with E-state index in [1.165, 1.54) is 6.20 Å². The van der Waals surface area contributed by atoms with Crippen molar-refractivity contribution in [2.24, 2.45) is 0 Å². The van der Waals surface area contributed by atoms with E-state index >= 15 is 0 Å². The maximum absolute atomic E-state index is 12.5. The van der Waals surface area contributed by atoms with Crippen LogP contribution in [0.4, 0.5) is 5.69 Å². The Balaban J connectivity index is 1.88. The Hall–Kier alpha value is -3.15. The molecule has 3 aromatic rings. The minimum atomic E-state index is -0.241. The number of carbonyl (C=O) groups excluding carboxylic acids is 1. The Labute approximate surface area is 133 Å². The van der Waals surface area contributed by atoms with Crippen LogP contribution in [-0.4, -0.2) is 27.8 Å². The smallest absolute Gasteiger partial charge is 0.259 e. The number of anilines is 1. The van der Waals surface area contributed by atoms with Crippen molar-refractivity contribution >= 4 is 11.6 Å². The summed E-state index contributed by atoms with van der Waals surface area (Å²) < 4.78 is 6.88. The van der Waals surface area contributed by atoms with Crippen molar-refractivity contribution in [3.8, 4) is 11.6 Å². The Morgan fingerprint density at radius 3 is 2.70 bits per heavy atom. The molecule has 23 heavy (non-hydrogen) atoms. The van der Waals surface area contributed by atoms with Gasteiger partial charge >= 0.3 is 0 Å². The summed E-state index contributed by atoms with van der Waals surface area (Å²) in [6.07, 6.45) is 3.22. The molecule has 6 nitrogen and oxygen atoms in total. The molecule has 1 amide bonds. The number of amides is 1. The van der Waals surface area contributed by atoms with E-state index in [0.717, 1.165) is 5.69 Å². The lowest BCUT2D eigenvalue weighted by molar-refractivity contribution is 0.102. The van der Waals surface area contributed by atoms with Crippen molar-refractivity contribution in [2.75, 3.05) is 12.4 Å². The van der Waals surface area contributed by atoms with Crippen molar-refractivity contribution in [1.82, 2.24) is 14.8 Å². The zero-order valence-electron chi connectivity index (χ0n) is 12.9. The number of hydrogen-bond donors (Lipinski definition) is 1. The molecule has 6 heteroatoms.